The van der Waals surface area contributed by atoms with Crippen molar-refractivity contribution in [3.8, 4) is 11.5 Å². The van der Waals surface area contributed by atoms with Gasteiger partial charge in [0, 0.05) is 31.6 Å². The van der Waals surface area contributed by atoms with Crippen LogP contribution >= 0.6 is 0 Å². The molecule has 2 aromatic rings. The molecule has 0 amide bonds. The van der Waals surface area contributed by atoms with Gasteiger partial charge in [0.25, 0.3) is 0 Å². The molecule has 3 rings (SSSR count). The van der Waals surface area contributed by atoms with Crippen molar-refractivity contribution in [2.75, 3.05) is 18.0 Å². The first-order valence-electron chi connectivity index (χ1n) is 8.88. The lowest BCUT2D eigenvalue weighted by Crippen LogP contribution is -2.33. The fourth-order valence-corrected chi connectivity index (χ4v) is 3.05. The Morgan fingerprint density at radius 3 is 2.50 bits per heavy atom. The average molecular weight is 323 g/mol. The molecule has 2 aromatic carbocycles. The van der Waals surface area contributed by atoms with Gasteiger partial charge in [-0.2, -0.15) is 0 Å². The summed E-state index contributed by atoms with van der Waals surface area (Å²) < 4.78 is 6.09. The van der Waals surface area contributed by atoms with E-state index < -0.39 is 0 Å². The molecule has 0 N–H and O–H groups in total. The number of Topliss-reactive ketones (excluding diaryl/α,β-unsaturated/α-hetero) is 1. The lowest BCUT2D eigenvalue weighted by molar-refractivity contribution is -0.119. The third kappa shape index (κ3) is 4.16. The van der Waals surface area contributed by atoms with Crippen LogP contribution in [0.2, 0.25) is 0 Å². The Morgan fingerprint density at radius 1 is 1.04 bits per heavy atom. The lowest BCUT2D eigenvalue weighted by Gasteiger charge is -2.29. The number of carbonyl (C=O) groups excluding carboxylic acids is 1. The zero-order chi connectivity index (χ0) is 16.8. The topological polar surface area (TPSA) is 29.5 Å². The van der Waals surface area contributed by atoms with Gasteiger partial charge in [0.2, 0.25) is 0 Å². The summed E-state index contributed by atoms with van der Waals surface area (Å²) in [6.45, 7) is 3.85. The number of anilines is 1. The fraction of sp³-hybridized carbons (Fsp3) is 0.381. The molecule has 0 radical (unpaired) electrons. The zero-order valence-corrected chi connectivity index (χ0v) is 14.3. The van der Waals surface area contributed by atoms with E-state index in [4.69, 9.17) is 4.74 Å². The largest absolute Gasteiger partial charge is 0.457 e. The maximum atomic E-state index is 11.5. The second kappa shape index (κ2) is 8.00. The summed E-state index contributed by atoms with van der Waals surface area (Å²) in [5, 5.41) is 0. The summed E-state index contributed by atoms with van der Waals surface area (Å²) in [5.74, 6) is 2.18. The van der Waals surface area contributed by atoms with Crippen LogP contribution in [0.25, 0.3) is 0 Å². The van der Waals surface area contributed by atoms with Gasteiger partial charge in [-0.05, 0) is 48.7 Å². The summed E-state index contributed by atoms with van der Waals surface area (Å²) in [4.78, 5) is 13.8. The van der Waals surface area contributed by atoms with Gasteiger partial charge in [0.05, 0.1) is 0 Å². The van der Waals surface area contributed by atoms with Crippen LogP contribution in [0, 0.1) is 0 Å². The second-order valence-corrected chi connectivity index (χ2v) is 6.34. The van der Waals surface area contributed by atoms with E-state index in [1.54, 1.807) is 0 Å². The number of para-hydroxylation sites is 1. The van der Waals surface area contributed by atoms with Crippen LogP contribution in [0.15, 0.2) is 48.5 Å². The van der Waals surface area contributed by atoms with Crippen molar-refractivity contribution >= 4 is 11.5 Å². The van der Waals surface area contributed by atoms with Gasteiger partial charge in [0.1, 0.15) is 17.3 Å². The van der Waals surface area contributed by atoms with Crippen LogP contribution in [0.4, 0.5) is 5.69 Å². The van der Waals surface area contributed by atoms with E-state index in [-0.39, 0.29) is 0 Å². The molecule has 1 heterocycles. The number of unbranched alkanes of at least 4 members (excludes halogenated alkanes) is 1. The molecule has 1 fully saturated rings. The Kier molecular flexibility index (Phi) is 5.52. The molecule has 0 unspecified atom stereocenters. The highest BCUT2D eigenvalue weighted by Crippen LogP contribution is 2.31. The average Bonchev–Trinajstić information content (AvgIpc) is 2.62. The molecule has 1 aliphatic heterocycles. The molecule has 0 spiro atoms. The quantitative estimate of drug-likeness (QED) is 0.750. The van der Waals surface area contributed by atoms with Crippen molar-refractivity contribution in [3.63, 3.8) is 0 Å². The maximum Gasteiger partial charge on any atom is 0.136 e. The second-order valence-electron chi connectivity index (χ2n) is 6.34. The van der Waals surface area contributed by atoms with Crippen molar-refractivity contribution in [2.24, 2.45) is 0 Å². The standard InChI is InChI=1S/C21H25NO2/c1-2-3-7-17-16-18(22-14-12-19(23)13-15-22)10-11-21(17)24-20-8-5-4-6-9-20/h4-6,8-11,16H,2-3,7,12-15H2,1H3. The Morgan fingerprint density at radius 2 is 1.79 bits per heavy atom. The van der Waals surface area contributed by atoms with Crippen LogP contribution in [0.3, 0.4) is 0 Å². The highest BCUT2D eigenvalue weighted by atomic mass is 16.5. The number of piperidine rings is 1. The molecule has 1 aliphatic rings. The number of hydrogen-bond acceptors (Lipinski definition) is 3. The van der Waals surface area contributed by atoms with Crippen molar-refractivity contribution in [2.45, 2.75) is 39.0 Å². The predicted octanol–water partition coefficient (Wildman–Crippen LogP) is 4.99. The van der Waals surface area contributed by atoms with Crippen molar-refractivity contribution in [3.05, 3.63) is 54.1 Å². The highest BCUT2D eigenvalue weighted by molar-refractivity contribution is 5.81. The van der Waals surface area contributed by atoms with E-state index >= 15 is 0 Å². The van der Waals surface area contributed by atoms with E-state index in [2.05, 4.69) is 30.0 Å². The lowest BCUT2D eigenvalue weighted by atomic mass is 10.0. The number of carbonyl (C=O) groups is 1. The molecule has 0 aromatic heterocycles. The number of rotatable bonds is 6. The summed E-state index contributed by atoms with van der Waals surface area (Å²) in [6.07, 6.45) is 4.64. The summed E-state index contributed by atoms with van der Waals surface area (Å²) in [5.41, 5.74) is 2.45. The van der Waals surface area contributed by atoms with Gasteiger partial charge in [-0.1, -0.05) is 31.5 Å². The minimum absolute atomic E-state index is 0.376. The third-order valence-electron chi connectivity index (χ3n) is 4.50. The molecule has 3 heteroatoms. The van der Waals surface area contributed by atoms with E-state index in [1.165, 1.54) is 11.3 Å². The van der Waals surface area contributed by atoms with Crippen molar-refractivity contribution in [1.82, 2.24) is 0 Å². The normalized spacial score (nSPS) is 14.7. The smallest absolute Gasteiger partial charge is 0.136 e. The predicted molar refractivity (Wildman–Crippen MR) is 98.0 cm³/mol. The van der Waals surface area contributed by atoms with Gasteiger partial charge in [-0.3, -0.25) is 4.79 Å². The van der Waals surface area contributed by atoms with E-state index in [9.17, 15) is 4.79 Å². The van der Waals surface area contributed by atoms with Crippen LogP contribution in [0.1, 0.15) is 38.2 Å². The Labute approximate surface area is 144 Å². The Balaban J connectivity index is 1.81. The highest BCUT2D eigenvalue weighted by Gasteiger charge is 2.17. The summed E-state index contributed by atoms with van der Waals surface area (Å²) in [6, 6.07) is 16.4. The van der Waals surface area contributed by atoms with Crippen LogP contribution < -0.4 is 9.64 Å². The van der Waals surface area contributed by atoms with Crippen LogP contribution in [0.5, 0.6) is 11.5 Å². The molecule has 0 bridgehead atoms. The van der Waals surface area contributed by atoms with Gasteiger partial charge in [-0.15, -0.1) is 0 Å². The van der Waals surface area contributed by atoms with Gasteiger partial charge >= 0.3 is 0 Å². The molecule has 0 saturated carbocycles. The fourth-order valence-electron chi connectivity index (χ4n) is 3.05. The zero-order valence-electron chi connectivity index (χ0n) is 14.3. The molecule has 3 nitrogen and oxygen atoms in total. The number of ketones is 1. The number of aryl methyl sites for hydroxylation is 1. The molecule has 126 valence electrons. The van der Waals surface area contributed by atoms with Crippen molar-refractivity contribution < 1.29 is 9.53 Å². The minimum Gasteiger partial charge on any atom is -0.457 e. The third-order valence-corrected chi connectivity index (χ3v) is 4.50. The molecule has 1 saturated heterocycles. The van der Waals surface area contributed by atoms with E-state index in [0.29, 0.717) is 18.6 Å². The Bertz CT molecular complexity index is 671. The number of benzene rings is 2. The maximum absolute atomic E-state index is 11.5. The number of ether oxygens (including phenoxy) is 1. The first kappa shape index (κ1) is 16.6. The van der Waals surface area contributed by atoms with Crippen LogP contribution in [-0.4, -0.2) is 18.9 Å². The SMILES string of the molecule is CCCCc1cc(N2CCC(=O)CC2)ccc1Oc1ccccc1. The summed E-state index contributed by atoms with van der Waals surface area (Å²) in [7, 11) is 0. The van der Waals surface area contributed by atoms with Gasteiger partial charge < -0.3 is 9.64 Å². The first-order chi connectivity index (χ1) is 11.8. The number of nitrogens with zero attached hydrogens (tertiary/aromatic N) is 1. The van der Waals surface area contributed by atoms with Crippen LogP contribution in [-0.2, 0) is 11.2 Å². The van der Waals surface area contributed by atoms with Gasteiger partial charge in [0.15, 0.2) is 0 Å². The first-order valence-corrected chi connectivity index (χ1v) is 8.88. The monoisotopic (exact) mass is 323 g/mol. The summed E-state index contributed by atoms with van der Waals surface area (Å²) >= 11 is 0. The van der Waals surface area contributed by atoms with Gasteiger partial charge in [-0.25, -0.2) is 0 Å². The molecule has 24 heavy (non-hydrogen) atoms. The minimum atomic E-state index is 0.376. The molecule has 0 atom stereocenters. The molecular weight excluding hydrogens is 298 g/mol. The van der Waals surface area contributed by atoms with E-state index in [0.717, 1.165) is 43.9 Å². The van der Waals surface area contributed by atoms with Crippen molar-refractivity contribution in [1.29, 1.82) is 0 Å². The van der Waals surface area contributed by atoms with E-state index in [1.807, 2.05) is 30.3 Å². The Hall–Kier alpha value is -2.29. The molecule has 0 aliphatic carbocycles. The molecular formula is C21H25NO2. The number of hydrogen-bond donors (Lipinski definition) is 0.